The van der Waals surface area contributed by atoms with E-state index in [1.54, 1.807) is 6.08 Å². The number of aliphatic hydroxyl groups is 2. The molecule has 1 aromatic rings. The van der Waals surface area contributed by atoms with Crippen molar-refractivity contribution < 1.29 is 29.3 Å². The molecule has 1 aromatic heterocycles. The van der Waals surface area contributed by atoms with Gasteiger partial charge in [0.05, 0.1) is 22.3 Å². The number of thioether (sulfide) groups is 1. The molecule has 7 N–H and O–H groups in total. The van der Waals surface area contributed by atoms with Crippen molar-refractivity contribution in [2.75, 3.05) is 17.2 Å². The van der Waals surface area contributed by atoms with Gasteiger partial charge in [0.15, 0.2) is 5.13 Å². The van der Waals surface area contributed by atoms with Crippen LogP contribution in [0.5, 0.6) is 0 Å². The molecule has 4 saturated carbocycles. The second-order valence-corrected chi connectivity index (χ2v) is 16.6. The lowest BCUT2D eigenvalue weighted by Crippen LogP contribution is -2.63. The molecule has 4 aliphatic carbocycles. The largest absolute Gasteiger partial charge is 0.461 e. The van der Waals surface area contributed by atoms with Gasteiger partial charge in [0, 0.05) is 41.2 Å². The molecule has 4 fully saturated rings. The van der Waals surface area contributed by atoms with Crippen LogP contribution in [0, 0.1) is 34.0 Å². The predicted molar refractivity (Wildman–Crippen MR) is 172 cm³/mol. The highest BCUT2D eigenvalue weighted by molar-refractivity contribution is 8.00. The molecular formula is C32H48N4O6S2. The van der Waals surface area contributed by atoms with Crippen LogP contribution in [-0.2, 0) is 19.1 Å². The summed E-state index contributed by atoms with van der Waals surface area (Å²) in [5.41, 5.74) is 9.09. The minimum atomic E-state index is -1.01. The van der Waals surface area contributed by atoms with Crippen LogP contribution >= 0.6 is 23.1 Å². The Bertz CT molecular complexity index is 1300. The first-order valence-electron chi connectivity index (χ1n) is 15.7. The van der Waals surface area contributed by atoms with Gasteiger partial charge in [-0.05, 0) is 55.8 Å². The molecule has 0 radical (unpaired) electrons. The Balaban J connectivity index is 1.21. The fraction of sp³-hybridized carbons (Fsp3) is 0.750. The van der Waals surface area contributed by atoms with Crippen LogP contribution in [0.2, 0.25) is 0 Å². The second kappa shape index (κ2) is 12.0. The Hall–Kier alpha value is -1.99. The summed E-state index contributed by atoms with van der Waals surface area (Å²) in [5, 5.41) is 25.9. The molecule has 44 heavy (non-hydrogen) atoms. The second-order valence-electron chi connectivity index (χ2n) is 14.5. The van der Waals surface area contributed by atoms with E-state index in [-0.39, 0.29) is 46.7 Å². The standard InChI is InChI=1S/C32H48N4O6S2/c1-6-29(4)13-22(30(5)17(2)7-9-32(18(3)26(29)39)10-8-20(37)25(30)32)42-23(38)15-43-16-31(41)11-19(12-31)36-27(40)24(33)21-14-35-28(34)44-21/h6,14,17-19,22,24-26,39,41H,1,7-13,15-16,33H2,2-5H3,(H2,34,35)(H,36,40)/t17?,18-,19?,22+,24?,25?,26-,29+,30-,31?,32-/m0/s1. The summed E-state index contributed by atoms with van der Waals surface area (Å²) in [6.45, 7) is 12.4. The van der Waals surface area contributed by atoms with Crippen molar-refractivity contribution in [3.63, 3.8) is 0 Å². The number of hydrogen-bond donors (Lipinski definition) is 5. The van der Waals surface area contributed by atoms with E-state index in [9.17, 15) is 24.6 Å². The van der Waals surface area contributed by atoms with Crippen molar-refractivity contribution in [2.24, 2.45) is 39.7 Å². The van der Waals surface area contributed by atoms with Gasteiger partial charge >= 0.3 is 5.97 Å². The van der Waals surface area contributed by atoms with Crippen molar-refractivity contribution in [1.29, 1.82) is 0 Å². The lowest BCUT2D eigenvalue weighted by atomic mass is 9.44. The molecule has 1 amide bonds. The maximum Gasteiger partial charge on any atom is 0.316 e. The van der Waals surface area contributed by atoms with E-state index in [1.807, 2.05) is 6.92 Å². The van der Waals surface area contributed by atoms with Gasteiger partial charge in [-0.1, -0.05) is 33.8 Å². The number of esters is 1. The number of nitrogen functional groups attached to an aromatic ring is 1. The zero-order valence-electron chi connectivity index (χ0n) is 26.2. The number of thiazole rings is 1. The molecule has 0 saturated heterocycles. The minimum Gasteiger partial charge on any atom is -0.461 e. The summed E-state index contributed by atoms with van der Waals surface area (Å²) in [7, 11) is 0. The van der Waals surface area contributed by atoms with Gasteiger partial charge < -0.3 is 31.7 Å². The number of amides is 1. The third kappa shape index (κ3) is 5.63. The SMILES string of the molecule is C=C[C@]1(C)C[C@@H](OC(=O)CSCC2(O)CC(NC(=O)C(N)c3cnc(N)s3)C2)[C@]2(C)C(C)CC[C@]3(CCC(=O)C32)[C@@H](C)[C@@H]1O. The van der Waals surface area contributed by atoms with Crippen LogP contribution in [0.3, 0.4) is 0 Å². The predicted octanol–water partition coefficient (Wildman–Crippen LogP) is 3.37. The van der Waals surface area contributed by atoms with E-state index < -0.39 is 40.7 Å². The number of anilines is 1. The maximum atomic E-state index is 13.6. The minimum absolute atomic E-state index is 0.0471. The summed E-state index contributed by atoms with van der Waals surface area (Å²) < 4.78 is 6.29. The average molecular weight is 649 g/mol. The van der Waals surface area contributed by atoms with Crippen LogP contribution in [0.15, 0.2) is 18.9 Å². The van der Waals surface area contributed by atoms with Crippen molar-refractivity contribution in [1.82, 2.24) is 10.3 Å². The highest BCUT2D eigenvalue weighted by Gasteiger charge is 2.68. The maximum absolute atomic E-state index is 13.6. The Morgan fingerprint density at radius 1 is 1.30 bits per heavy atom. The first-order valence-corrected chi connectivity index (χ1v) is 17.7. The number of ketones is 1. The number of Topliss-reactive ketones (excluding diaryl/α,β-unsaturated/α-hetero) is 1. The molecule has 9 atom stereocenters. The number of aromatic nitrogens is 1. The van der Waals surface area contributed by atoms with E-state index in [2.05, 4.69) is 37.7 Å². The fourth-order valence-electron chi connectivity index (χ4n) is 8.96. The van der Waals surface area contributed by atoms with Crippen LogP contribution in [0.1, 0.15) is 83.6 Å². The number of rotatable bonds is 9. The summed E-state index contributed by atoms with van der Waals surface area (Å²) in [5.74, 6) is -0.353. The number of nitrogens with zero attached hydrogens (tertiary/aromatic N) is 1. The highest BCUT2D eigenvalue weighted by atomic mass is 32.2. The van der Waals surface area contributed by atoms with E-state index in [0.717, 1.165) is 19.3 Å². The highest BCUT2D eigenvalue weighted by Crippen LogP contribution is 2.68. The zero-order valence-corrected chi connectivity index (χ0v) is 27.8. The lowest BCUT2D eigenvalue weighted by Gasteiger charge is -2.61. The van der Waals surface area contributed by atoms with Gasteiger partial charge in [-0.15, -0.1) is 29.7 Å². The third-order valence-corrected chi connectivity index (χ3v) is 14.0. The van der Waals surface area contributed by atoms with E-state index in [0.29, 0.717) is 41.4 Å². The number of carbonyl (C=O) groups excluding carboxylic acids is 3. The molecule has 0 aromatic carbocycles. The quantitative estimate of drug-likeness (QED) is 0.197. The Morgan fingerprint density at radius 2 is 2.00 bits per heavy atom. The molecule has 0 aliphatic heterocycles. The van der Waals surface area contributed by atoms with Gasteiger partial charge in [0.2, 0.25) is 5.91 Å². The van der Waals surface area contributed by atoms with Gasteiger partial charge in [0.25, 0.3) is 0 Å². The van der Waals surface area contributed by atoms with E-state index in [1.165, 1.54) is 29.3 Å². The molecule has 1 heterocycles. The van der Waals surface area contributed by atoms with Crippen molar-refractivity contribution in [3.05, 3.63) is 23.7 Å². The molecule has 10 nitrogen and oxygen atoms in total. The van der Waals surface area contributed by atoms with Gasteiger partial charge in [-0.3, -0.25) is 14.4 Å². The molecule has 244 valence electrons. The van der Waals surface area contributed by atoms with Crippen LogP contribution in [-0.4, -0.2) is 68.2 Å². The number of carbonyl (C=O) groups is 3. The van der Waals surface area contributed by atoms with Gasteiger partial charge in [0.1, 0.15) is 17.9 Å². The molecule has 12 heteroatoms. The third-order valence-electron chi connectivity index (χ3n) is 11.9. The summed E-state index contributed by atoms with van der Waals surface area (Å²) in [4.78, 5) is 44.0. The summed E-state index contributed by atoms with van der Waals surface area (Å²) >= 11 is 2.46. The lowest BCUT2D eigenvalue weighted by molar-refractivity contribution is -0.205. The Morgan fingerprint density at radius 3 is 2.64 bits per heavy atom. The fourth-order valence-corrected chi connectivity index (χ4v) is 10.6. The van der Waals surface area contributed by atoms with Crippen molar-refractivity contribution in [2.45, 2.75) is 103 Å². The molecule has 0 spiro atoms. The first-order chi connectivity index (χ1) is 20.6. The zero-order chi connectivity index (χ0) is 32.2. The number of hydrogen-bond acceptors (Lipinski definition) is 11. The van der Waals surface area contributed by atoms with Crippen molar-refractivity contribution >= 4 is 45.9 Å². The van der Waals surface area contributed by atoms with Gasteiger partial charge in [-0.2, -0.15) is 0 Å². The van der Waals surface area contributed by atoms with E-state index >= 15 is 0 Å². The summed E-state index contributed by atoms with van der Waals surface area (Å²) in [6, 6.07) is -1.09. The van der Waals surface area contributed by atoms with Crippen LogP contribution in [0.4, 0.5) is 5.13 Å². The molecule has 4 aliphatic rings. The normalized spacial score (nSPS) is 42.3. The Labute approximate surface area is 268 Å². The van der Waals surface area contributed by atoms with Gasteiger partial charge in [-0.25, -0.2) is 4.98 Å². The smallest absolute Gasteiger partial charge is 0.316 e. The molecule has 2 bridgehead atoms. The van der Waals surface area contributed by atoms with Crippen LogP contribution in [0.25, 0.3) is 0 Å². The average Bonchev–Trinajstić information content (AvgIpc) is 3.55. The topological polar surface area (TPSA) is 178 Å². The number of ether oxygens (including phenoxy) is 1. The number of aliphatic hydroxyl groups excluding tert-OH is 1. The summed E-state index contributed by atoms with van der Waals surface area (Å²) in [6.07, 6.45) is 6.17. The number of nitrogens with one attached hydrogen (secondary N) is 1. The van der Waals surface area contributed by atoms with E-state index in [4.69, 9.17) is 16.2 Å². The first kappa shape index (κ1) is 33.4. The van der Waals surface area contributed by atoms with Crippen LogP contribution < -0.4 is 16.8 Å². The molecule has 5 rings (SSSR count). The Kier molecular flexibility index (Phi) is 9.09. The van der Waals surface area contributed by atoms with Crippen molar-refractivity contribution in [3.8, 4) is 0 Å². The molecular weight excluding hydrogens is 601 g/mol. The molecule has 3 unspecified atom stereocenters. The monoisotopic (exact) mass is 648 g/mol. The number of nitrogens with two attached hydrogens (primary N) is 2.